The zero-order valence-corrected chi connectivity index (χ0v) is 17.7. The van der Waals surface area contributed by atoms with Crippen LogP contribution in [-0.2, 0) is 0 Å². The Bertz CT molecular complexity index is 1560. The minimum absolute atomic E-state index is 0.343. The van der Waals surface area contributed by atoms with Gasteiger partial charge in [-0.3, -0.25) is 0 Å². The van der Waals surface area contributed by atoms with Crippen molar-refractivity contribution >= 4 is 10.9 Å². The molecule has 0 saturated heterocycles. The predicted octanol–water partition coefficient (Wildman–Crippen LogP) is 6.84. The molecule has 0 amide bonds. The minimum atomic E-state index is -0.343. The largest absolute Gasteiger partial charge is 0.246 e. The summed E-state index contributed by atoms with van der Waals surface area (Å²) in [6, 6.07) is 33.9. The number of rotatable bonds is 1. The van der Waals surface area contributed by atoms with Gasteiger partial charge >= 0.3 is 0 Å². The highest BCUT2D eigenvalue weighted by atomic mass is 19.1. The fourth-order valence-corrected chi connectivity index (χ4v) is 3.62. The summed E-state index contributed by atoms with van der Waals surface area (Å²) in [5.74, 6) is 12.7. The van der Waals surface area contributed by atoms with Gasteiger partial charge < -0.3 is 0 Å². The number of hydrogen-bond acceptors (Lipinski definition) is 1. The highest BCUT2D eigenvalue weighted by Gasteiger charge is 2.16. The van der Waals surface area contributed by atoms with Crippen molar-refractivity contribution in [3.05, 3.63) is 137 Å². The summed E-state index contributed by atoms with van der Waals surface area (Å²) in [6.45, 7) is 0. The molecule has 0 spiro atoms. The first-order valence-electron chi connectivity index (χ1n) is 10.6. The average molecular weight is 423 g/mol. The molecule has 0 aliphatic rings. The molecule has 154 valence electrons. The Kier molecular flexibility index (Phi) is 5.66. The standard InChI is InChI=1S/C31H18FN/c32-29-17-9-7-16-28(29)31-27(22-20-24-13-5-2-6-14-24)25(21-19-23-11-3-1-4-12-23)26-15-8-10-18-30(26)33-31/h1-18H. The lowest BCUT2D eigenvalue weighted by atomic mass is 9.96. The molecule has 0 bridgehead atoms. The fraction of sp³-hybridized carbons (Fsp3) is 0. The lowest BCUT2D eigenvalue weighted by molar-refractivity contribution is 0.631. The van der Waals surface area contributed by atoms with E-state index in [1.54, 1.807) is 18.2 Å². The second-order valence-electron chi connectivity index (χ2n) is 7.44. The van der Waals surface area contributed by atoms with Gasteiger partial charge in [-0.25, -0.2) is 9.37 Å². The Morgan fingerprint density at radius 3 is 1.73 bits per heavy atom. The number of benzene rings is 4. The Labute approximate surface area is 192 Å². The van der Waals surface area contributed by atoms with Crippen LogP contribution in [0.2, 0.25) is 0 Å². The normalized spacial score (nSPS) is 10.1. The maximum Gasteiger partial charge on any atom is 0.132 e. The molecule has 0 saturated carbocycles. The van der Waals surface area contributed by atoms with Crippen LogP contribution >= 0.6 is 0 Å². The first-order valence-corrected chi connectivity index (χ1v) is 10.6. The zero-order chi connectivity index (χ0) is 22.5. The number of para-hydroxylation sites is 1. The van der Waals surface area contributed by atoms with Crippen LogP contribution in [0.1, 0.15) is 22.3 Å². The number of nitrogens with zero attached hydrogens (tertiary/aromatic N) is 1. The van der Waals surface area contributed by atoms with Gasteiger partial charge in [-0.1, -0.05) is 90.4 Å². The van der Waals surface area contributed by atoms with Crippen LogP contribution in [0, 0.1) is 29.5 Å². The van der Waals surface area contributed by atoms with Crippen LogP contribution in [-0.4, -0.2) is 4.98 Å². The quantitative estimate of drug-likeness (QED) is 0.269. The molecule has 1 aromatic heterocycles. The average Bonchev–Trinajstić information content (AvgIpc) is 2.87. The Balaban J connectivity index is 1.83. The molecule has 4 aromatic carbocycles. The third-order valence-electron chi connectivity index (χ3n) is 5.23. The molecule has 33 heavy (non-hydrogen) atoms. The summed E-state index contributed by atoms with van der Waals surface area (Å²) in [5, 5.41) is 0.887. The monoisotopic (exact) mass is 423 g/mol. The van der Waals surface area contributed by atoms with Crippen LogP contribution in [0.25, 0.3) is 22.2 Å². The summed E-state index contributed by atoms with van der Waals surface area (Å²) in [7, 11) is 0. The van der Waals surface area contributed by atoms with Crippen LogP contribution in [0.3, 0.4) is 0 Å². The molecule has 0 unspecified atom stereocenters. The van der Waals surface area contributed by atoms with Crippen molar-refractivity contribution in [3.8, 4) is 34.9 Å². The van der Waals surface area contributed by atoms with E-state index in [0.717, 1.165) is 27.6 Å². The van der Waals surface area contributed by atoms with Crippen molar-refractivity contribution in [1.82, 2.24) is 4.98 Å². The number of halogens is 1. The molecule has 0 aliphatic heterocycles. The van der Waals surface area contributed by atoms with Crippen molar-refractivity contribution in [2.45, 2.75) is 0 Å². The zero-order valence-electron chi connectivity index (χ0n) is 17.7. The van der Waals surface area contributed by atoms with E-state index in [2.05, 4.69) is 23.7 Å². The summed E-state index contributed by atoms with van der Waals surface area (Å²) in [4.78, 5) is 4.82. The molecular weight excluding hydrogens is 405 g/mol. The second kappa shape index (κ2) is 9.23. The van der Waals surface area contributed by atoms with E-state index < -0.39 is 0 Å². The lowest BCUT2D eigenvalue weighted by Gasteiger charge is -2.11. The predicted molar refractivity (Wildman–Crippen MR) is 132 cm³/mol. The molecule has 0 fully saturated rings. The van der Waals surface area contributed by atoms with Crippen LogP contribution < -0.4 is 0 Å². The molecule has 2 heteroatoms. The fourth-order valence-electron chi connectivity index (χ4n) is 3.62. The summed E-state index contributed by atoms with van der Waals surface area (Å²) < 4.78 is 14.9. The first-order chi connectivity index (χ1) is 16.3. The van der Waals surface area contributed by atoms with Gasteiger partial charge in [-0.05, 0) is 42.5 Å². The van der Waals surface area contributed by atoms with Gasteiger partial charge in [0, 0.05) is 22.1 Å². The van der Waals surface area contributed by atoms with E-state index in [9.17, 15) is 4.39 Å². The van der Waals surface area contributed by atoms with Gasteiger partial charge in [0.25, 0.3) is 0 Å². The Morgan fingerprint density at radius 1 is 0.515 bits per heavy atom. The first kappa shape index (κ1) is 20.3. The molecule has 0 radical (unpaired) electrons. The van der Waals surface area contributed by atoms with Crippen molar-refractivity contribution in [1.29, 1.82) is 0 Å². The Hall–Kier alpha value is -4.66. The lowest BCUT2D eigenvalue weighted by Crippen LogP contribution is -1.98. The van der Waals surface area contributed by atoms with E-state index in [-0.39, 0.29) is 5.82 Å². The van der Waals surface area contributed by atoms with E-state index in [4.69, 9.17) is 4.98 Å². The highest BCUT2D eigenvalue weighted by molar-refractivity contribution is 5.92. The number of pyridine rings is 1. The smallest absolute Gasteiger partial charge is 0.132 e. The van der Waals surface area contributed by atoms with Gasteiger partial charge in [0.05, 0.1) is 22.3 Å². The van der Waals surface area contributed by atoms with Gasteiger partial charge in [0.15, 0.2) is 0 Å². The van der Waals surface area contributed by atoms with Crippen LogP contribution in [0.15, 0.2) is 109 Å². The molecule has 0 N–H and O–H groups in total. The highest BCUT2D eigenvalue weighted by Crippen LogP contribution is 2.31. The third-order valence-corrected chi connectivity index (χ3v) is 5.23. The molecule has 0 atom stereocenters. The van der Waals surface area contributed by atoms with Crippen molar-refractivity contribution in [2.24, 2.45) is 0 Å². The maximum absolute atomic E-state index is 14.9. The molecule has 1 heterocycles. The number of aromatic nitrogens is 1. The topological polar surface area (TPSA) is 12.9 Å². The minimum Gasteiger partial charge on any atom is -0.246 e. The summed E-state index contributed by atoms with van der Waals surface area (Å²) >= 11 is 0. The van der Waals surface area contributed by atoms with Gasteiger partial charge in [-0.15, -0.1) is 0 Å². The van der Waals surface area contributed by atoms with E-state index >= 15 is 0 Å². The van der Waals surface area contributed by atoms with Crippen molar-refractivity contribution in [2.75, 3.05) is 0 Å². The SMILES string of the molecule is Fc1ccccc1-c1nc2ccccc2c(C#Cc2ccccc2)c1C#Cc1ccccc1. The molecule has 0 aliphatic carbocycles. The van der Waals surface area contributed by atoms with Crippen molar-refractivity contribution < 1.29 is 4.39 Å². The van der Waals surface area contributed by atoms with Crippen molar-refractivity contribution in [3.63, 3.8) is 0 Å². The van der Waals surface area contributed by atoms with Crippen LogP contribution in [0.4, 0.5) is 4.39 Å². The molecule has 1 nitrogen and oxygen atoms in total. The van der Waals surface area contributed by atoms with E-state index in [0.29, 0.717) is 16.8 Å². The van der Waals surface area contributed by atoms with Gasteiger partial charge in [0.1, 0.15) is 5.82 Å². The van der Waals surface area contributed by atoms with Crippen LogP contribution in [0.5, 0.6) is 0 Å². The molecule has 5 rings (SSSR count). The van der Waals surface area contributed by atoms with Gasteiger partial charge in [0.2, 0.25) is 0 Å². The van der Waals surface area contributed by atoms with E-state index in [1.807, 2.05) is 84.9 Å². The summed E-state index contributed by atoms with van der Waals surface area (Å²) in [5.41, 5.74) is 4.77. The molecule has 5 aromatic rings. The molecular formula is C31H18FN. The maximum atomic E-state index is 14.9. The van der Waals surface area contributed by atoms with Gasteiger partial charge in [-0.2, -0.15) is 0 Å². The Morgan fingerprint density at radius 2 is 1.06 bits per heavy atom. The third kappa shape index (κ3) is 4.38. The number of hydrogen-bond donors (Lipinski definition) is 0. The second-order valence-corrected chi connectivity index (χ2v) is 7.44. The van der Waals surface area contributed by atoms with E-state index in [1.165, 1.54) is 6.07 Å². The number of fused-ring (bicyclic) bond motifs is 1. The summed E-state index contributed by atoms with van der Waals surface area (Å²) in [6.07, 6.45) is 0.